The van der Waals surface area contributed by atoms with Crippen LogP contribution in [0.2, 0.25) is 0 Å². The molecule has 24 heavy (non-hydrogen) atoms. The Labute approximate surface area is 137 Å². The van der Waals surface area contributed by atoms with E-state index in [-0.39, 0.29) is 16.3 Å². The number of aryl methyl sites for hydroxylation is 1. The molecule has 130 valence electrons. The van der Waals surface area contributed by atoms with Gasteiger partial charge < -0.3 is 9.47 Å². The summed E-state index contributed by atoms with van der Waals surface area (Å²) < 4.78 is 72.6. The van der Waals surface area contributed by atoms with Crippen LogP contribution in [0, 0.1) is 6.92 Å². The molecule has 0 radical (unpaired) electrons. The van der Waals surface area contributed by atoms with Crippen LogP contribution < -0.4 is 14.2 Å². The molecule has 0 aromatic heterocycles. The Morgan fingerprint density at radius 3 is 2.17 bits per heavy atom. The number of sulfonamides is 1. The molecule has 2 rings (SSSR count). The van der Waals surface area contributed by atoms with Gasteiger partial charge in [-0.05, 0) is 31.2 Å². The van der Waals surface area contributed by atoms with Crippen molar-refractivity contribution >= 4 is 15.7 Å². The van der Waals surface area contributed by atoms with Crippen LogP contribution in [0.4, 0.5) is 18.9 Å². The molecule has 9 heteroatoms. The normalized spacial score (nSPS) is 11.9. The SMILES string of the molecule is COc1ccc(NS(=O)(=O)c2ccc(C)cc2)cc1OC(F)(F)F. The molecule has 2 aromatic rings. The second-order valence-electron chi connectivity index (χ2n) is 4.83. The maximum absolute atomic E-state index is 12.4. The number of hydrogen-bond acceptors (Lipinski definition) is 4. The van der Waals surface area contributed by atoms with Crippen molar-refractivity contribution in [2.75, 3.05) is 11.8 Å². The zero-order valence-corrected chi connectivity index (χ0v) is 13.5. The third-order valence-corrected chi connectivity index (χ3v) is 4.37. The van der Waals surface area contributed by atoms with Gasteiger partial charge in [-0.1, -0.05) is 17.7 Å². The van der Waals surface area contributed by atoms with E-state index in [1.54, 1.807) is 19.1 Å². The predicted molar refractivity (Wildman–Crippen MR) is 81.7 cm³/mol. The van der Waals surface area contributed by atoms with Crippen molar-refractivity contribution in [3.8, 4) is 11.5 Å². The van der Waals surface area contributed by atoms with Gasteiger partial charge in [-0.25, -0.2) is 8.42 Å². The number of nitrogens with one attached hydrogen (secondary N) is 1. The highest BCUT2D eigenvalue weighted by atomic mass is 32.2. The van der Waals surface area contributed by atoms with E-state index in [1.807, 2.05) is 0 Å². The number of anilines is 1. The summed E-state index contributed by atoms with van der Waals surface area (Å²) in [5.74, 6) is -0.820. The van der Waals surface area contributed by atoms with Crippen LogP contribution in [0.3, 0.4) is 0 Å². The second-order valence-corrected chi connectivity index (χ2v) is 6.51. The minimum Gasteiger partial charge on any atom is -0.493 e. The summed E-state index contributed by atoms with van der Waals surface area (Å²) in [4.78, 5) is -0.0118. The van der Waals surface area contributed by atoms with E-state index in [9.17, 15) is 21.6 Å². The van der Waals surface area contributed by atoms with E-state index in [0.717, 1.165) is 11.6 Å². The van der Waals surface area contributed by atoms with Crippen molar-refractivity contribution in [1.82, 2.24) is 0 Å². The zero-order valence-electron chi connectivity index (χ0n) is 12.7. The fraction of sp³-hybridized carbons (Fsp3) is 0.200. The van der Waals surface area contributed by atoms with Crippen LogP contribution in [0.5, 0.6) is 11.5 Å². The summed E-state index contributed by atoms with van der Waals surface area (Å²) in [6.45, 7) is 1.80. The first kappa shape index (κ1) is 17.9. The predicted octanol–water partition coefficient (Wildman–Crippen LogP) is 3.70. The summed E-state index contributed by atoms with van der Waals surface area (Å²) in [7, 11) is -2.76. The van der Waals surface area contributed by atoms with Gasteiger partial charge in [-0.2, -0.15) is 0 Å². The lowest BCUT2D eigenvalue weighted by Crippen LogP contribution is -2.18. The maximum Gasteiger partial charge on any atom is 0.573 e. The number of methoxy groups -OCH3 is 1. The van der Waals surface area contributed by atoms with E-state index < -0.39 is 22.1 Å². The van der Waals surface area contributed by atoms with Gasteiger partial charge in [0.15, 0.2) is 11.5 Å². The lowest BCUT2D eigenvalue weighted by Gasteiger charge is -2.14. The van der Waals surface area contributed by atoms with E-state index in [1.165, 1.54) is 31.4 Å². The summed E-state index contributed by atoms with van der Waals surface area (Å²) in [5.41, 5.74) is 0.787. The van der Waals surface area contributed by atoms with Gasteiger partial charge in [0.2, 0.25) is 0 Å². The topological polar surface area (TPSA) is 64.6 Å². The van der Waals surface area contributed by atoms with E-state index in [2.05, 4.69) is 9.46 Å². The molecular weight excluding hydrogens is 347 g/mol. The molecule has 0 saturated heterocycles. The van der Waals surface area contributed by atoms with Crippen LogP contribution in [0.15, 0.2) is 47.4 Å². The van der Waals surface area contributed by atoms with E-state index in [4.69, 9.17) is 4.74 Å². The molecule has 2 aromatic carbocycles. The molecule has 0 unspecified atom stereocenters. The first-order chi connectivity index (χ1) is 11.1. The summed E-state index contributed by atoms with van der Waals surface area (Å²) >= 11 is 0. The number of alkyl halides is 3. The molecular formula is C15H14F3NO4S. The minimum atomic E-state index is -4.93. The standard InChI is InChI=1S/C15H14F3NO4S/c1-10-3-6-12(7-4-10)24(20,21)19-11-5-8-13(22-2)14(9-11)23-15(16,17)18/h3-9,19H,1-2H3. The Balaban J connectivity index is 2.32. The quantitative estimate of drug-likeness (QED) is 0.882. The molecule has 0 aliphatic heterocycles. The third-order valence-electron chi connectivity index (χ3n) is 2.97. The average molecular weight is 361 g/mol. The number of rotatable bonds is 5. The van der Waals surface area contributed by atoms with Gasteiger partial charge in [0.1, 0.15) is 0 Å². The van der Waals surface area contributed by atoms with Crippen molar-refractivity contribution in [3.05, 3.63) is 48.0 Å². The van der Waals surface area contributed by atoms with Crippen molar-refractivity contribution in [2.24, 2.45) is 0 Å². The molecule has 0 spiro atoms. The van der Waals surface area contributed by atoms with Gasteiger partial charge in [0.25, 0.3) is 10.0 Å². The Morgan fingerprint density at radius 2 is 1.62 bits per heavy atom. The van der Waals surface area contributed by atoms with Crippen molar-refractivity contribution < 1.29 is 31.1 Å². The molecule has 5 nitrogen and oxygen atoms in total. The first-order valence-electron chi connectivity index (χ1n) is 6.64. The molecule has 0 atom stereocenters. The fourth-order valence-corrected chi connectivity index (χ4v) is 2.93. The number of ether oxygens (including phenoxy) is 2. The van der Waals surface area contributed by atoms with Crippen LogP contribution in [0.1, 0.15) is 5.56 Å². The zero-order chi connectivity index (χ0) is 18.0. The average Bonchev–Trinajstić information content (AvgIpc) is 2.46. The van der Waals surface area contributed by atoms with Crippen molar-refractivity contribution in [2.45, 2.75) is 18.2 Å². The Kier molecular flexibility index (Phi) is 4.93. The monoisotopic (exact) mass is 361 g/mol. The Morgan fingerprint density at radius 1 is 1.00 bits per heavy atom. The summed E-state index contributed by atoms with van der Waals surface area (Å²) in [6, 6.07) is 9.37. The number of hydrogen-bond donors (Lipinski definition) is 1. The molecule has 0 bridgehead atoms. The van der Waals surface area contributed by atoms with Crippen LogP contribution in [-0.2, 0) is 10.0 Å². The molecule has 0 aliphatic carbocycles. The molecule has 0 saturated carbocycles. The summed E-state index contributed by atoms with van der Waals surface area (Å²) in [6.07, 6.45) is -4.93. The molecule has 0 heterocycles. The smallest absolute Gasteiger partial charge is 0.493 e. The van der Waals surface area contributed by atoms with Gasteiger partial charge in [-0.3, -0.25) is 4.72 Å². The van der Waals surface area contributed by atoms with Crippen LogP contribution >= 0.6 is 0 Å². The minimum absolute atomic E-state index is 0.0118. The fourth-order valence-electron chi connectivity index (χ4n) is 1.88. The third kappa shape index (κ3) is 4.54. The number of halogens is 3. The van der Waals surface area contributed by atoms with Gasteiger partial charge in [0, 0.05) is 6.07 Å². The van der Waals surface area contributed by atoms with Gasteiger partial charge >= 0.3 is 6.36 Å². The number of benzene rings is 2. The van der Waals surface area contributed by atoms with Gasteiger partial charge in [0.05, 0.1) is 17.7 Å². The maximum atomic E-state index is 12.4. The van der Waals surface area contributed by atoms with Gasteiger partial charge in [-0.15, -0.1) is 13.2 Å². The van der Waals surface area contributed by atoms with Crippen LogP contribution in [0.25, 0.3) is 0 Å². The highest BCUT2D eigenvalue weighted by Gasteiger charge is 2.32. The molecule has 0 amide bonds. The van der Waals surface area contributed by atoms with E-state index in [0.29, 0.717) is 0 Å². The lowest BCUT2D eigenvalue weighted by atomic mass is 10.2. The van der Waals surface area contributed by atoms with Crippen molar-refractivity contribution in [1.29, 1.82) is 0 Å². The Hall–Kier alpha value is -2.42. The second kappa shape index (κ2) is 6.60. The largest absolute Gasteiger partial charge is 0.573 e. The summed E-state index contributed by atoms with van der Waals surface area (Å²) in [5, 5.41) is 0. The van der Waals surface area contributed by atoms with Crippen molar-refractivity contribution in [3.63, 3.8) is 0 Å². The lowest BCUT2D eigenvalue weighted by molar-refractivity contribution is -0.275. The first-order valence-corrected chi connectivity index (χ1v) is 8.12. The molecule has 1 N–H and O–H groups in total. The molecule has 0 aliphatic rings. The molecule has 0 fully saturated rings. The highest BCUT2D eigenvalue weighted by molar-refractivity contribution is 7.92. The highest BCUT2D eigenvalue weighted by Crippen LogP contribution is 2.35. The van der Waals surface area contributed by atoms with Crippen LogP contribution in [-0.4, -0.2) is 21.9 Å². The van der Waals surface area contributed by atoms with E-state index >= 15 is 0 Å². The Bertz CT molecular complexity index is 818.